The van der Waals surface area contributed by atoms with E-state index in [0.717, 1.165) is 4.47 Å². The highest BCUT2D eigenvalue weighted by molar-refractivity contribution is 9.10. The van der Waals surface area contributed by atoms with E-state index in [-0.39, 0.29) is 24.5 Å². The smallest absolute Gasteiger partial charge is 0.307 e. The van der Waals surface area contributed by atoms with Gasteiger partial charge in [-0.25, -0.2) is 0 Å². The normalized spacial score (nSPS) is 11.5. The van der Waals surface area contributed by atoms with Crippen molar-refractivity contribution in [3.05, 3.63) is 28.2 Å². The molecule has 0 N–H and O–H groups in total. The summed E-state index contributed by atoms with van der Waals surface area (Å²) in [7, 11) is 4.63. The topological polar surface area (TPSA) is 72.9 Å². The molecule has 1 aromatic rings. The van der Waals surface area contributed by atoms with Crippen molar-refractivity contribution in [2.75, 3.05) is 21.2 Å². The van der Waals surface area contributed by atoms with E-state index in [1.54, 1.807) is 32.3 Å². The third-order valence-corrected chi connectivity index (χ3v) is 3.61. The number of esters is 1. The summed E-state index contributed by atoms with van der Waals surface area (Å²) in [5, 5.41) is 0. The van der Waals surface area contributed by atoms with Crippen molar-refractivity contribution in [3.63, 3.8) is 0 Å². The Bertz CT molecular complexity index is 600. The quantitative estimate of drug-likeness (QED) is 0.532. The Balaban J connectivity index is 2.61. The fourth-order valence-electron chi connectivity index (χ4n) is 1.92. The number of carbonyl (C=O) groups is 3. The predicted molar refractivity (Wildman–Crippen MR) is 88.5 cm³/mol. The lowest BCUT2D eigenvalue weighted by Crippen LogP contribution is -2.34. The van der Waals surface area contributed by atoms with Gasteiger partial charge in [0.1, 0.15) is 5.75 Å². The third-order valence-electron chi connectivity index (χ3n) is 3.11. The van der Waals surface area contributed by atoms with Crippen LogP contribution in [0.1, 0.15) is 30.1 Å². The van der Waals surface area contributed by atoms with Gasteiger partial charge in [0.2, 0.25) is 0 Å². The molecule has 126 valence electrons. The van der Waals surface area contributed by atoms with Crippen LogP contribution in [0.5, 0.6) is 5.75 Å². The highest BCUT2D eigenvalue weighted by Gasteiger charge is 2.20. The monoisotopic (exact) mass is 385 g/mol. The second kappa shape index (κ2) is 8.67. The number of hydrogen-bond donors (Lipinski definition) is 0. The maximum absolute atomic E-state index is 12.2. The van der Waals surface area contributed by atoms with Crippen LogP contribution in [0.2, 0.25) is 0 Å². The van der Waals surface area contributed by atoms with Gasteiger partial charge in [-0.1, -0.05) is 15.9 Å². The maximum atomic E-state index is 12.2. The number of amides is 1. The molecule has 0 heterocycles. The number of carbonyl (C=O) groups excluding carboxylic acids is 3. The molecule has 6 nitrogen and oxygen atoms in total. The SMILES string of the molecule is COc1ccc(Br)cc1C(=O)CCC(=O)OC(C)C(=O)N(C)C. The summed E-state index contributed by atoms with van der Waals surface area (Å²) < 4.78 is 10.9. The molecular weight excluding hydrogens is 366 g/mol. The van der Waals surface area contributed by atoms with Crippen molar-refractivity contribution in [1.29, 1.82) is 0 Å². The average Bonchev–Trinajstić information content (AvgIpc) is 2.51. The van der Waals surface area contributed by atoms with Crippen LogP contribution < -0.4 is 4.74 Å². The summed E-state index contributed by atoms with van der Waals surface area (Å²) in [4.78, 5) is 36.9. The summed E-state index contributed by atoms with van der Waals surface area (Å²) in [6.07, 6.45) is -0.985. The molecule has 0 aliphatic heterocycles. The van der Waals surface area contributed by atoms with Crippen LogP contribution in [0.3, 0.4) is 0 Å². The Hall–Kier alpha value is -1.89. The molecule has 0 fully saturated rings. The van der Waals surface area contributed by atoms with E-state index in [9.17, 15) is 14.4 Å². The number of halogens is 1. The molecule has 0 saturated carbocycles. The molecule has 1 aromatic carbocycles. The summed E-state index contributed by atoms with van der Waals surface area (Å²) in [5.74, 6) is -0.678. The maximum Gasteiger partial charge on any atom is 0.307 e. The molecule has 1 atom stereocenters. The first-order valence-corrected chi connectivity index (χ1v) is 7.83. The Labute approximate surface area is 143 Å². The lowest BCUT2D eigenvalue weighted by molar-refractivity contribution is -0.157. The van der Waals surface area contributed by atoms with Crippen molar-refractivity contribution in [3.8, 4) is 5.75 Å². The molecular formula is C16H20BrNO5. The van der Waals surface area contributed by atoms with Crippen LogP contribution in [0.25, 0.3) is 0 Å². The number of rotatable bonds is 7. The molecule has 0 radical (unpaired) electrons. The largest absolute Gasteiger partial charge is 0.496 e. The first-order valence-electron chi connectivity index (χ1n) is 7.03. The zero-order chi connectivity index (χ0) is 17.6. The van der Waals surface area contributed by atoms with Gasteiger partial charge >= 0.3 is 5.97 Å². The molecule has 0 aliphatic carbocycles. The van der Waals surface area contributed by atoms with Crippen molar-refractivity contribution in [2.24, 2.45) is 0 Å². The van der Waals surface area contributed by atoms with Crippen molar-refractivity contribution >= 4 is 33.6 Å². The summed E-state index contributed by atoms with van der Waals surface area (Å²) >= 11 is 3.29. The highest BCUT2D eigenvalue weighted by atomic mass is 79.9. The fraction of sp³-hybridized carbons (Fsp3) is 0.438. The van der Waals surface area contributed by atoms with Gasteiger partial charge in [-0.05, 0) is 25.1 Å². The molecule has 23 heavy (non-hydrogen) atoms. The van der Waals surface area contributed by atoms with E-state index in [1.165, 1.54) is 18.9 Å². The minimum Gasteiger partial charge on any atom is -0.496 e. The predicted octanol–water partition coefficient (Wildman–Crippen LogP) is 2.44. The zero-order valence-corrected chi connectivity index (χ0v) is 15.2. The molecule has 0 spiro atoms. The van der Waals surface area contributed by atoms with Crippen LogP contribution in [-0.2, 0) is 14.3 Å². The number of ketones is 1. The molecule has 0 aromatic heterocycles. The van der Waals surface area contributed by atoms with Crippen LogP contribution in [0.15, 0.2) is 22.7 Å². The summed E-state index contributed by atoms with van der Waals surface area (Å²) in [5.41, 5.74) is 0.395. The number of Topliss-reactive ketones (excluding diaryl/α,β-unsaturated/α-hetero) is 1. The van der Waals surface area contributed by atoms with Crippen molar-refractivity contribution in [1.82, 2.24) is 4.90 Å². The average molecular weight is 386 g/mol. The van der Waals surface area contributed by atoms with E-state index >= 15 is 0 Å². The standard InChI is InChI=1S/C16H20BrNO5/c1-10(16(21)18(2)3)23-15(20)8-6-13(19)12-9-11(17)5-7-14(12)22-4/h5,7,9-10H,6,8H2,1-4H3. The molecule has 7 heteroatoms. The summed E-state index contributed by atoms with van der Waals surface area (Å²) in [6, 6.07) is 5.08. The van der Waals surface area contributed by atoms with E-state index in [0.29, 0.717) is 11.3 Å². The fourth-order valence-corrected chi connectivity index (χ4v) is 2.28. The first-order chi connectivity index (χ1) is 10.8. The second-order valence-corrected chi connectivity index (χ2v) is 6.05. The molecule has 1 amide bonds. The Morgan fingerprint density at radius 2 is 1.87 bits per heavy atom. The van der Waals surface area contributed by atoms with Gasteiger partial charge < -0.3 is 14.4 Å². The van der Waals surface area contributed by atoms with Crippen molar-refractivity contribution in [2.45, 2.75) is 25.9 Å². The van der Waals surface area contributed by atoms with E-state index in [4.69, 9.17) is 9.47 Å². The van der Waals surface area contributed by atoms with Crippen LogP contribution >= 0.6 is 15.9 Å². The highest BCUT2D eigenvalue weighted by Crippen LogP contribution is 2.24. The molecule has 0 aliphatic rings. The number of likely N-dealkylation sites (N-methyl/N-ethyl adjacent to an activating group) is 1. The molecule has 0 bridgehead atoms. The van der Waals surface area contributed by atoms with E-state index in [1.807, 2.05) is 0 Å². The molecule has 1 rings (SSSR count). The number of ether oxygens (including phenoxy) is 2. The van der Waals surface area contributed by atoms with Crippen molar-refractivity contribution < 1.29 is 23.9 Å². The number of hydrogen-bond acceptors (Lipinski definition) is 5. The van der Waals surface area contributed by atoms with Gasteiger partial charge in [-0.2, -0.15) is 0 Å². The minimum absolute atomic E-state index is 0.0193. The van der Waals surface area contributed by atoms with Crippen LogP contribution in [0.4, 0.5) is 0 Å². The zero-order valence-electron chi connectivity index (χ0n) is 13.6. The lowest BCUT2D eigenvalue weighted by atomic mass is 10.1. The van der Waals surface area contributed by atoms with Gasteiger partial charge in [0.05, 0.1) is 19.1 Å². The number of methoxy groups -OCH3 is 1. The number of benzene rings is 1. The molecule has 1 unspecified atom stereocenters. The summed E-state index contributed by atoms with van der Waals surface area (Å²) in [6.45, 7) is 1.50. The van der Waals surface area contributed by atoms with E-state index in [2.05, 4.69) is 15.9 Å². The Kier molecular flexibility index (Phi) is 7.22. The van der Waals surface area contributed by atoms with Gasteiger partial charge in [-0.3, -0.25) is 14.4 Å². The van der Waals surface area contributed by atoms with Gasteiger partial charge in [-0.15, -0.1) is 0 Å². The molecule has 0 saturated heterocycles. The minimum atomic E-state index is -0.868. The second-order valence-electron chi connectivity index (χ2n) is 5.13. The Morgan fingerprint density at radius 1 is 1.22 bits per heavy atom. The lowest BCUT2D eigenvalue weighted by Gasteiger charge is -2.17. The van der Waals surface area contributed by atoms with Gasteiger partial charge in [0.25, 0.3) is 5.91 Å². The van der Waals surface area contributed by atoms with Gasteiger partial charge in [0.15, 0.2) is 11.9 Å². The number of nitrogens with zero attached hydrogens (tertiary/aromatic N) is 1. The van der Waals surface area contributed by atoms with Crippen LogP contribution in [0, 0.1) is 0 Å². The van der Waals surface area contributed by atoms with E-state index < -0.39 is 12.1 Å². The Morgan fingerprint density at radius 3 is 2.43 bits per heavy atom. The van der Waals surface area contributed by atoms with Gasteiger partial charge in [0, 0.05) is 25.0 Å². The third kappa shape index (κ3) is 5.67. The first kappa shape index (κ1) is 19.2. The van der Waals surface area contributed by atoms with Crippen LogP contribution in [-0.4, -0.2) is 49.9 Å².